The molecule has 0 fully saturated rings. The molecule has 1 amide bonds. The maximum Gasteiger partial charge on any atom is 0.294 e. The van der Waals surface area contributed by atoms with Gasteiger partial charge in [-0.2, -0.15) is 5.10 Å². The molecule has 20 heavy (non-hydrogen) atoms. The Bertz CT molecular complexity index is 731. The second kappa shape index (κ2) is 5.00. The summed E-state index contributed by atoms with van der Waals surface area (Å²) in [5.74, 6) is -0.0984. The first kappa shape index (κ1) is 12.2. The average Bonchev–Trinajstić information content (AvgIpc) is 3.09. The van der Waals surface area contributed by atoms with E-state index in [1.807, 2.05) is 30.3 Å². The monoisotopic (exact) mass is 268 g/mol. The van der Waals surface area contributed by atoms with Crippen LogP contribution in [0.25, 0.3) is 11.3 Å². The first-order valence-electron chi connectivity index (χ1n) is 6.06. The molecule has 1 aromatic carbocycles. The van der Waals surface area contributed by atoms with Gasteiger partial charge in [0.25, 0.3) is 5.91 Å². The van der Waals surface area contributed by atoms with Gasteiger partial charge in [-0.05, 0) is 25.1 Å². The van der Waals surface area contributed by atoms with Gasteiger partial charge >= 0.3 is 0 Å². The minimum atomic E-state index is -0.318. The lowest BCUT2D eigenvalue weighted by molar-refractivity contribution is 0.0987. The number of aromatic amines is 1. The van der Waals surface area contributed by atoms with Crippen LogP contribution in [-0.2, 0) is 0 Å². The fourth-order valence-corrected chi connectivity index (χ4v) is 1.88. The molecule has 0 saturated heterocycles. The summed E-state index contributed by atoms with van der Waals surface area (Å²) in [6.07, 6.45) is 3.19. The third-order valence-corrected chi connectivity index (χ3v) is 2.89. The van der Waals surface area contributed by atoms with Crippen LogP contribution < -0.4 is 5.32 Å². The first-order valence-corrected chi connectivity index (χ1v) is 6.06. The van der Waals surface area contributed by atoms with Gasteiger partial charge in [0.2, 0.25) is 5.76 Å². The zero-order valence-corrected chi connectivity index (χ0v) is 10.8. The molecule has 0 spiro atoms. The van der Waals surface area contributed by atoms with Gasteiger partial charge in [0.1, 0.15) is 0 Å². The van der Waals surface area contributed by atoms with Gasteiger partial charge in [-0.1, -0.05) is 17.3 Å². The summed E-state index contributed by atoms with van der Waals surface area (Å²) in [7, 11) is 0. The van der Waals surface area contributed by atoms with Crippen molar-refractivity contribution in [2.75, 3.05) is 5.32 Å². The first-order chi connectivity index (χ1) is 9.74. The van der Waals surface area contributed by atoms with E-state index < -0.39 is 0 Å². The van der Waals surface area contributed by atoms with E-state index in [9.17, 15) is 4.79 Å². The number of rotatable bonds is 3. The van der Waals surface area contributed by atoms with Gasteiger partial charge in [-0.3, -0.25) is 9.89 Å². The van der Waals surface area contributed by atoms with E-state index in [1.54, 1.807) is 13.1 Å². The van der Waals surface area contributed by atoms with Crippen LogP contribution >= 0.6 is 0 Å². The number of hydrogen-bond donors (Lipinski definition) is 2. The van der Waals surface area contributed by atoms with Crippen molar-refractivity contribution in [1.29, 1.82) is 0 Å². The van der Waals surface area contributed by atoms with Crippen LogP contribution in [0.4, 0.5) is 5.69 Å². The zero-order chi connectivity index (χ0) is 13.9. The van der Waals surface area contributed by atoms with Crippen LogP contribution in [0.2, 0.25) is 0 Å². The summed E-state index contributed by atoms with van der Waals surface area (Å²) in [6.45, 7) is 1.77. The lowest BCUT2D eigenvalue weighted by atomic mass is 10.1. The summed E-state index contributed by atoms with van der Waals surface area (Å²) in [6, 6.07) is 9.32. The Morgan fingerprint density at radius 2 is 2.25 bits per heavy atom. The number of aromatic nitrogens is 3. The molecular weight excluding hydrogens is 256 g/mol. The lowest BCUT2D eigenvalue weighted by Gasteiger charge is -2.05. The van der Waals surface area contributed by atoms with E-state index in [2.05, 4.69) is 20.7 Å². The van der Waals surface area contributed by atoms with Crippen LogP contribution in [0.1, 0.15) is 16.1 Å². The van der Waals surface area contributed by atoms with Crippen LogP contribution in [0.5, 0.6) is 0 Å². The smallest absolute Gasteiger partial charge is 0.294 e. The summed E-state index contributed by atoms with van der Waals surface area (Å²) < 4.78 is 4.92. The molecule has 2 aromatic heterocycles. The molecule has 0 aliphatic carbocycles. The van der Waals surface area contributed by atoms with Gasteiger partial charge in [-0.25, -0.2) is 0 Å². The quantitative estimate of drug-likeness (QED) is 0.764. The number of benzene rings is 1. The highest BCUT2D eigenvalue weighted by atomic mass is 16.5. The molecular formula is C14H12N4O2. The topological polar surface area (TPSA) is 83.8 Å². The molecule has 0 saturated carbocycles. The third-order valence-electron chi connectivity index (χ3n) is 2.89. The van der Waals surface area contributed by atoms with E-state index >= 15 is 0 Å². The highest BCUT2D eigenvalue weighted by molar-refractivity contribution is 6.03. The van der Waals surface area contributed by atoms with Gasteiger partial charge < -0.3 is 9.84 Å². The number of amides is 1. The Hall–Kier alpha value is -2.89. The Labute approximate surface area is 114 Å². The second-order valence-corrected chi connectivity index (χ2v) is 4.34. The highest BCUT2D eigenvalue weighted by Gasteiger charge is 2.14. The number of anilines is 1. The SMILES string of the molecule is Cc1cnoc1C(=O)Nc1cccc(-c2ccn[nH]2)c1. The van der Waals surface area contributed by atoms with Crippen LogP contribution in [0.3, 0.4) is 0 Å². The number of carbonyl (C=O) groups is 1. The molecule has 0 aliphatic rings. The molecule has 6 nitrogen and oxygen atoms in total. The van der Waals surface area contributed by atoms with Crippen LogP contribution in [0, 0.1) is 6.92 Å². The maximum atomic E-state index is 12.0. The third kappa shape index (κ3) is 2.31. The fourth-order valence-electron chi connectivity index (χ4n) is 1.88. The van der Waals surface area contributed by atoms with Crippen molar-refractivity contribution in [3.05, 3.63) is 54.0 Å². The summed E-state index contributed by atoms with van der Waals surface area (Å²) in [5.41, 5.74) is 3.21. The Balaban J connectivity index is 1.83. The molecule has 0 atom stereocenters. The van der Waals surface area contributed by atoms with Gasteiger partial charge in [0.15, 0.2) is 0 Å². The second-order valence-electron chi connectivity index (χ2n) is 4.34. The van der Waals surface area contributed by atoms with Crippen molar-refractivity contribution in [2.45, 2.75) is 6.92 Å². The predicted octanol–water partition coefficient (Wildman–Crippen LogP) is 2.63. The van der Waals surface area contributed by atoms with E-state index in [-0.39, 0.29) is 11.7 Å². The van der Waals surface area contributed by atoms with Gasteiger partial charge in [0.05, 0.1) is 11.9 Å². The number of carbonyl (C=O) groups excluding carboxylic acids is 1. The normalized spacial score (nSPS) is 10.4. The van der Waals surface area contributed by atoms with Gasteiger partial charge in [-0.15, -0.1) is 0 Å². The molecule has 0 unspecified atom stereocenters. The minimum absolute atomic E-state index is 0.219. The molecule has 0 radical (unpaired) electrons. The van der Waals surface area contributed by atoms with Gasteiger partial charge in [0, 0.05) is 23.0 Å². The Morgan fingerprint density at radius 1 is 1.35 bits per heavy atom. The van der Waals surface area contributed by atoms with Crippen molar-refractivity contribution in [1.82, 2.24) is 15.4 Å². The van der Waals surface area contributed by atoms with Crippen LogP contribution in [-0.4, -0.2) is 21.3 Å². The standard InChI is InChI=1S/C14H12N4O2/c1-9-8-16-20-13(9)14(19)17-11-4-2-3-10(7-11)12-5-6-15-18-12/h2-8H,1H3,(H,15,18)(H,17,19). The molecule has 3 aromatic rings. The van der Waals surface area contributed by atoms with E-state index in [0.717, 1.165) is 11.3 Å². The van der Waals surface area contributed by atoms with Crippen molar-refractivity contribution >= 4 is 11.6 Å². The number of aryl methyl sites for hydroxylation is 1. The number of hydrogen-bond acceptors (Lipinski definition) is 4. The zero-order valence-electron chi connectivity index (χ0n) is 10.8. The van der Waals surface area contributed by atoms with E-state index in [1.165, 1.54) is 6.20 Å². The van der Waals surface area contributed by atoms with E-state index in [4.69, 9.17) is 4.52 Å². The predicted molar refractivity (Wildman–Crippen MR) is 73.2 cm³/mol. The molecule has 100 valence electrons. The molecule has 3 rings (SSSR count). The average molecular weight is 268 g/mol. The Morgan fingerprint density at radius 3 is 2.95 bits per heavy atom. The number of H-pyrrole nitrogens is 1. The molecule has 6 heteroatoms. The Kier molecular flexibility index (Phi) is 3.04. The molecule has 0 aliphatic heterocycles. The van der Waals surface area contributed by atoms with E-state index in [0.29, 0.717) is 11.3 Å². The van der Waals surface area contributed by atoms with Crippen molar-refractivity contribution in [2.24, 2.45) is 0 Å². The number of nitrogens with one attached hydrogen (secondary N) is 2. The summed E-state index contributed by atoms with van der Waals surface area (Å²) >= 11 is 0. The minimum Gasteiger partial charge on any atom is -0.351 e. The van der Waals surface area contributed by atoms with Crippen molar-refractivity contribution < 1.29 is 9.32 Å². The largest absolute Gasteiger partial charge is 0.351 e. The summed E-state index contributed by atoms with van der Waals surface area (Å²) in [5, 5.41) is 13.2. The fraction of sp³-hybridized carbons (Fsp3) is 0.0714. The lowest BCUT2D eigenvalue weighted by Crippen LogP contribution is -2.12. The molecule has 2 heterocycles. The number of nitrogens with zero attached hydrogens (tertiary/aromatic N) is 2. The molecule has 0 bridgehead atoms. The highest BCUT2D eigenvalue weighted by Crippen LogP contribution is 2.21. The van der Waals surface area contributed by atoms with Crippen LogP contribution in [0.15, 0.2) is 47.2 Å². The van der Waals surface area contributed by atoms with Crippen molar-refractivity contribution in [3.63, 3.8) is 0 Å². The molecule has 2 N–H and O–H groups in total. The summed E-state index contributed by atoms with van der Waals surface area (Å²) in [4.78, 5) is 12.0. The maximum absolute atomic E-state index is 12.0. The van der Waals surface area contributed by atoms with Crippen molar-refractivity contribution in [3.8, 4) is 11.3 Å².